The van der Waals surface area contributed by atoms with E-state index in [4.69, 9.17) is 33.3 Å². The van der Waals surface area contributed by atoms with Crippen LogP contribution in [-0.2, 0) is 0 Å². The van der Waals surface area contributed by atoms with Crippen LogP contribution >= 0.6 is 23.8 Å². The zero-order valence-electron chi connectivity index (χ0n) is 15.8. The molecule has 0 spiro atoms. The highest BCUT2D eigenvalue weighted by molar-refractivity contribution is 7.80. The predicted octanol–water partition coefficient (Wildman–Crippen LogP) is 4.18. The highest BCUT2D eigenvalue weighted by Gasteiger charge is 2.20. The van der Waals surface area contributed by atoms with Crippen LogP contribution in [-0.4, -0.2) is 50.4 Å². The molecule has 0 bridgehead atoms. The first kappa shape index (κ1) is 19.6. The van der Waals surface area contributed by atoms with Crippen molar-refractivity contribution in [3.63, 3.8) is 0 Å². The third-order valence-electron chi connectivity index (χ3n) is 4.71. The lowest BCUT2D eigenvalue weighted by atomic mass is 10.1. The van der Waals surface area contributed by atoms with Gasteiger partial charge in [0.2, 0.25) is 0 Å². The number of rotatable bonds is 4. The van der Waals surface area contributed by atoms with Crippen LogP contribution in [0.4, 0.5) is 11.4 Å². The summed E-state index contributed by atoms with van der Waals surface area (Å²) in [5.74, 6) is 1.37. The summed E-state index contributed by atoms with van der Waals surface area (Å²) in [7, 11) is 3.24. The second kappa shape index (κ2) is 8.67. The fraction of sp³-hybridized carbons (Fsp3) is 0.350. The largest absolute Gasteiger partial charge is 0.493 e. The quantitative estimate of drug-likeness (QED) is 0.769. The molecule has 1 aliphatic heterocycles. The molecule has 3 rings (SSSR count). The average molecular weight is 406 g/mol. The highest BCUT2D eigenvalue weighted by Crippen LogP contribution is 2.30. The fourth-order valence-corrected chi connectivity index (χ4v) is 3.66. The molecule has 2 aromatic carbocycles. The van der Waals surface area contributed by atoms with Crippen molar-refractivity contribution in [1.82, 2.24) is 4.90 Å². The molecule has 1 N–H and O–H groups in total. The summed E-state index contributed by atoms with van der Waals surface area (Å²) in [5.41, 5.74) is 3.31. The number of nitrogens with zero attached hydrogens (tertiary/aromatic N) is 2. The molecule has 1 saturated heterocycles. The molecule has 27 heavy (non-hydrogen) atoms. The minimum atomic E-state index is 0.673. The monoisotopic (exact) mass is 405 g/mol. The summed E-state index contributed by atoms with van der Waals surface area (Å²) in [6.07, 6.45) is 0. The highest BCUT2D eigenvalue weighted by atomic mass is 35.5. The van der Waals surface area contributed by atoms with E-state index < -0.39 is 0 Å². The molecular formula is C20H24ClN3O2S. The van der Waals surface area contributed by atoms with Crippen molar-refractivity contribution in [2.45, 2.75) is 6.92 Å². The van der Waals surface area contributed by atoms with Crippen LogP contribution in [0.3, 0.4) is 0 Å². The van der Waals surface area contributed by atoms with Gasteiger partial charge in [0.25, 0.3) is 0 Å². The van der Waals surface area contributed by atoms with E-state index in [2.05, 4.69) is 28.1 Å². The van der Waals surface area contributed by atoms with E-state index in [1.165, 1.54) is 11.3 Å². The summed E-state index contributed by atoms with van der Waals surface area (Å²) in [5, 5.41) is 4.77. The van der Waals surface area contributed by atoms with Crippen molar-refractivity contribution in [3.8, 4) is 11.5 Å². The third-order valence-corrected chi connectivity index (χ3v) is 5.31. The molecule has 0 amide bonds. The first-order chi connectivity index (χ1) is 13.0. The molecule has 0 radical (unpaired) electrons. The van der Waals surface area contributed by atoms with Crippen molar-refractivity contribution < 1.29 is 9.47 Å². The number of ether oxygens (including phenoxy) is 2. The Morgan fingerprint density at radius 1 is 1.00 bits per heavy atom. The lowest BCUT2D eigenvalue weighted by Crippen LogP contribution is -2.50. The van der Waals surface area contributed by atoms with Crippen LogP contribution in [0.1, 0.15) is 5.56 Å². The Morgan fingerprint density at radius 2 is 1.70 bits per heavy atom. The van der Waals surface area contributed by atoms with Gasteiger partial charge in [0.05, 0.1) is 14.2 Å². The van der Waals surface area contributed by atoms with Gasteiger partial charge in [-0.15, -0.1) is 0 Å². The molecule has 1 fully saturated rings. The number of hydrogen-bond donors (Lipinski definition) is 1. The van der Waals surface area contributed by atoms with E-state index in [9.17, 15) is 0 Å². The number of hydrogen-bond acceptors (Lipinski definition) is 4. The fourth-order valence-electron chi connectivity index (χ4n) is 3.19. The van der Waals surface area contributed by atoms with E-state index in [1.54, 1.807) is 14.2 Å². The second-order valence-corrected chi connectivity index (χ2v) is 7.23. The number of piperazine rings is 1. The Kier molecular flexibility index (Phi) is 6.29. The minimum absolute atomic E-state index is 0.673. The number of benzene rings is 2. The number of anilines is 2. The van der Waals surface area contributed by atoms with Gasteiger partial charge in [-0.05, 0) is 49.0 Å². The molecule has 1 aliphatic rings. The maximum Gasteiger partial charge on any atom is 0.173 e. The molecule has 1 heterocycles. The van der Waals surface area contributed by atoms with Gasteiger partial charge in [0, 0.05) is 48.6 Å². The average Bonchev–Trinajstić information content (AvgIpc) is 2.69. The molecule has 0 unspecified atom stereocenters. The molecule has 7 heteroatoms. The molecule has 0 aliphatic carbocycles. The van der Waals surface area contributed by atoms with E-state index in [1.807, 2.05) is 30.3 Å². The number of thiocarbonyl (C=S) groups is 1. The SMILES string of the molecule is COc1ccc(NC(=S)N2CCN(c3cc(Cl)ccc3C)CC2)cc1OC. The lowest BCUT2D eigenvalue weighted by molar-refractivity contribution is 0.355. The molecule has 0 atom stereocenters. The standard InChI is InChI=1S/C20H24ClN3O2S/c1-14-4-5-15(21)12-17(14)23-8-10-24(11-9-23)20(27)22-16-6-7-18(25-2)19(13-16)26-3/h4-7,12-13H,8-11H2,1-3H3,(H,22,27). The normalized spacial score (nSPS) is 14.1. The summed E-state index contributed by atoms with van der Waals surface area (Å²) in [4.78, 5) is 4.54. The molecule has 2 aromatic rings. The Labute approximate surface area is 170 Å². The summed E-state index contributed by atoms with van der Waals surface area (Å²) >= 11 is 11.8. The second-order valence-electron chi connectivity index (χ2n) is 6.40. The van der Waals surface area contributed by atoms with Crippen molar-refractivity contribution in [2.75, 3.05) is 50.6 Å². The number of methoxy groups -OCH3 is 2. The van der Waals surface area contributed by atoms with Crippen LogP contribution in [0, 0.1) is 6.92 Å². The summed E-state index contributed by atoms with van der Waals surface area (Å²) in [6.45, 7) is 5.61. The summed E-state index contributed by atoms with van der Waals surface area (Å²) < 4.78 is 10.6. The van der Waals surface area contributed by atoms with E-state index in [0.717, 1.165) is 36.9 Å². The maximum absolute atomic E-state index is 6.16. The van der Waals surface area contributed by atoms with Crippen LogP contribution in [0.25, 0.3) is 0 Å². The van der Waals surface area contributed by atoms with E-state index in [-0.39, 0.29) is 0 Å². The minimum Gasteiger partial charge on any atom is -0.493 e. The predicted molar refractivity (Wildman–Crippen MR) is 116 cm³/mol. The van der Waals surface area contributed by atoms with E-state index in [0.29, 0.717) is 16.6 Å². The maximum atomic E-state index is 6.16. The van der Waals surface area contributed by atoms with Crippen LogP contribution in [0.15, 0.2) is 36.4 Å². The number of nitrogens with one attached hydrogen (secondary N) is 1. The zero-order chi connectivity index (χ0) is 19.4. The smallest absolute Gasteiger partial charge is 0.173 e. The number of halogens is 1. The third kappa shape index (κ3) is 4.57. The van der Waals surface area contributed by atoms with Gasteiger partial charge < -0.3 is 24.6 Å². The van der Waals surface area contributed by atoms with Crippen LogP contribution in [0.2, 0.25) is 5.02 Å². The van der Waals surface area contributed by atoms with Crippen molar-refractivity contribution >= 4 is 40.3 Å². The molecule has 144 valence electrons. The molecule has 5 nitrogen and oxygen atoms in total. The molecule has 0 aromatic heterocycles. The molecule has 0 saturated carbocycles. The lowest BCUT2D eigenvalue weighted by Gasteiger charge is -2.38. The van der Waals surface area contributed by atoms with Crippen molar-refractivity contribution in [1.29, 1.82) is 0 Å². The van der Waals surface area contributed by atoms with Crippen LogP contribution < -0.4 is 19.7 Å². The van der Waals surface area contributed by atoms with Crippen molar-refractivity contribution in [2.24, 2.45) is 0 Å². The van der Waals surface area contributed by atoms with Gasteiger partial charge >= 0.3 is 0 Å². The van der Waals surface area contributed by atoms with Gasteiger partial charge in [-0.2, -0.15) is 0 Å². The molecular weight excluding hydrogens is 382 g/mol. The summed E-state index contributed by atoms with van der Waals surface area (Å²) in [6, 6.07) is 11.7. The van der Waals surface area contributed by atoms with Crippen molar-refractivity contribution in [3.05, 3.63) is 47.0 Å². The van der Waals surface area contributed by atoms with Gasteiger partial charge in [-0.1, -0.05) is 17.7 Å². The first-order valence-corrected chi connectivity index (χ1v) is 9.59. The Hall–Kier alpha value is -2.18. The zero-order valence-corrected chi connectivity index (χ0v) is 17.4. The van der Waals surface area contributed by atoms with Gasteiger partial charge in [-0.3, -0.25) is 0 Å². The van der Waals surface area contributed by atoms with Gasteiger partial charge in [0.15, 0.2) is 16.6 Å². The van der Waals surface area contributed by atoms with Gasteiger partial charge in [0.1, 0.15) is 0 Å². The number of aryl methyl sites for hydroxylation is 1. The van der Waals surface area contributed by atoms with Gasteiger partial charge in [-0.25, -0.2) is 0 Å². The first-order valence-electron chi connectivity index (χ1n) is 8.81. The topological polar surface area (TPSA) is 37.0 Å². The van der Waals surface area contributed by atoms with Crippen LogP contribution in [0.5, 0.6) is 11.5 Å². The Bertz CT molecular complexity index is 823. The Morgan fingerprint density at radius 3 is 2.37 bits per heavy atom. The Balaban J connectivity index is 1.61. The van der Waals surface area contributed by atoms with E-state index >= 15 is 0 Å².